The molecule has 7 heteroatoms. The van der Waals surface area contributed by atoms with Gasteiger partial charge >= 0.3 is 0 Å². The number of carbonyl (C=O) groups excluding carboxylic acids is 1. The van der Waals surface area contributed by atoms with Crippen LogP contribution in [0.5, 0.6) is 0 Å². The summed E-state index contributed by atoms with van der Waals surface area (Å²) in [4.78, 5) is 15.3. The van der Waals surface area contributed by atoms with E-state index < -0.39 is 10.0 Å². The molecule has 3 aromatic rings. The highest BCUT2D eigenvalue weighted by Gasteiger charge is 2.33. The van der Waals surface area contributed by atoms with Crippen molar-refractivity contribution in [2.75, 3.05) is 5.32 Å². The molecule has 2 aliphatic rings. The summed E-state index contributed by atoms with van der Waals surface area (Å²) in [6.45, 7) is 2.64. The first-order valence-corrected chi connectivity index (χ1v) is 12.0. The van der Waals surface area contributed by atoms with Crippen LogP contribution in [0.3, 0.4) is 0 Å². The van der Waals surface area contributed by atoms with Gasteiger partial charge in [0.15, 0.2) is 5.84 Å². The van der Waals surface area contributed by atoms with Crippen molar-refractivity contribution in [3.8, 4) is 0 Å². The molecule has 5 rings (SSSR count). The van der Waals surface area contributed by atoms with E-state index in [9.17, 15) is 13.2 Å². The van der Waals surface area contributed by atoms with Crippen LogP contribution in [0.15, 0.2) is 82.1 Å². The number of amides is 1. The lowest BCUT2D eigenvalue weighted by molar-refractivity contribution is 0.0730. The molecular formula is C25H23N3O3S. The molecule has 1 N–H and O–H groups in total. The van der Waals surface area contributed by atoms with Crippen LogP contribution >= 0.6 is 0 Å². The molecule has 162 valence electrons. The predicted octanol–water partition coefficient (Wildman–Crippen LogP) is 4.36. The van der Waals surface area contributed by atoms with Crippen LogP contribution < -0.4 is 5.32 Å². The third-order valence-corrected chi connectivity index (χ3v) is 7.08. The number of sulfonamides is 1. The molecule has 1 heterocycles. The van der Waals surface area contributed by atoms with Crippen LogP contribution in [0, 0.1) is 6.92 Å². The van der Waals surface area contributed by atoms with Crippen molar-refractivity contribution in [1.82, 2.24) is 4.90 Å². The lowest BCUT2D eigenvalue weighted by atomic mass is 10.1. The number of nitrogens with one attached hydrogen (secondary N) is 1. The minimum Gasteiger partial charge on any atom is -0.339 e. The minimum absolute atomic E-state index is 0.00533. The molecule has 0 aromatic heterocycles. The first-order chi connectivity index (χ1) is 15.4. The second-order valence-electron chi connectivity index (χ2n) is 8.26. The summed E-state index contributed by atoms with van der Waals surface area (Å²) in [6.07, 6.45) is 2.07. The van der Waals surface area contributed by atoms with Crippen molar-refractivity contribution in [3.05, 3.63) is 95.1 Å². The van der Waals surface area contributed by atoms with Crippen molar-refractivity contribution >= 4 is 27.5 Å². The third-order valence-electron chi connectivity index (χ3n) is 5.75. The zero-order valence-electron chi connectivity index (χ0n) is 17.7. The highest BCUT2D eigenvalue weighted by Crippen LogP contribution is 2.31. The van der Waals surface area contributed by atoms with Gasteiger partial charge in [-0.25, -0.2) is 0 Å². The van der Waals surface area contributed by atoms with Gasteiger partial charge in [-0.1, -0.05) is 42.0 Å². The smallest absolute Gasteiger partial charge is 0.285 e. The van der Waals surface area contributed by atoms with Gasteiger partial charge in [-0.05, 0) is 61.7 Å². The molecule has 1 aliphatic heterocycles. The Morgan fingerprint density at radius 1 is 1.00 bits per heavy atom. The summed E-state index contributed by atoms with van der Waals surface area (Å²) < 4.78 is 28.3. The lowest BCUT2D eigenvalue weighted by Crippen LogP contribution is -2.32. The van der Waals surface area contributed by atoms with Gasteiger partial charge in [0.1, 0.15) is 4.90 Å². The zero-order valence-corrected chi connectivity index (χ0v) is 18.5. The molecule has 1 amide bonds. The zero-order chi connectivity index (χ0) is 22.3. The van der Waals surface area contributed by atoms with Crippen molar-refractivity contribution in [3.63, 3.8) is 0 Å². The third kappa shape index (κ3) is 4.03. The van der Waals surface area contributed by atoms with Gasteiger partial charge in [0.25, 0.3) is 15.9 Å². The first-order valence-electron chi connectivity index (χ1n) is 10.6. The summed E-state index contributed by atoms with van der Waals surface area (Å²) in [7, 11) is -3.68. The largest absolute Gasteiger partial charge is 0.339 e. The number of fused-ring (bicyclic) bond motifs is 1. The maximum absolute atomic E-state index is 13.2. The molecular weight excluding hydrogens is 422 g/mol. The molecule has 0 bridgehead atoms. The fourth-order valence-corrected chi connectivity index (χ4v) is 5.01. The molecule has 0 atom stereocenters. The average Bonchev–Trinajstić information content (AvgIpc) is 3.60. The van der Waals surface area contributed by atoms with Gasteiger partial charge in [-0.2, -0.15) is 8.42 Å². The Hall–Kier alpha value is -3.45. The standard InChI is InChI=1S/C25H23N3O3S/c1-17-6-8-18(9-7-17)16-28(21-14-15-21)25(29)19-10-12-20(13-11-19)26-24-22-4-2-3-5-23(22)32(30,31)27-24/h2-13,21H,14-16H2,1H3,(H,26,27). The normalized spacial score (nSPS) is 16.2. The van der Waals surface area contributed by atoms with Gasteiger partial charge in [-0.15, -0.1) is 4.40 Å². The molecule has 0 spiro atoms. The molecule has 0 saturated heterocycles. The molecule has 1 aliphatic carbocycles. The van der Waals surface area contributed by atoms with Crippen LogP contribution in [0.2, 0.25) is 0 Å². The van der Waals surface area contributed by atoms with Crippen LogP contribution in [-0.2, 0) is 16.6 Å². The van der Waals surface area contributed by atoms with Crippen LogP contribution in [0.1, 0.15) is 39.9 Å². The quantitative estimate of drug-likeness (QED) is 0.633. The van der Waals surface area contributed by atoms with Gasteiger partial charge < -0.3 is 10.2 Å². The number of amidine groups is 1. The average molecular weight is 446 g/mol. The number of hydrogen-bond donors (Lipinski definition) is 1. The van der Waals surface area contributed by atoms with E-state index in [2.05, 4.69) is 34.0 Å². The highest BCUT2D eigenvalue weighted by atomic mass is 32.2. The van der Waals surface area contributed by atoms with Crippen molar-refractivity contribution < 1.29 is 13.2 Å². The van der Waals surface area contributed by atoms with E-state index in [-0.39, 0.29) is 16.8 Å². The van der Waals surface area contributed by atoms with Crippen LogP contribution in [-0.4, -0.2) is 31.1 Å². The van der Waals surface area contributed by atoms with Crippen molar-refractivity contribution in [1.29, 1.82) is 0 Å². The Bertz CT molecular complexity index is 1310. The molecule has 32 heavy (non-hydrogen) atoms. The summed E-state index contributed by atoms with van der Waals surface area (Å²) in [6, 6.07) is 22.4. The van der Waals surface area contributed by atoms with Crippen molar-refractivity contribution in [2.45, 2.75) is 37.2 Å². The van der Waals surface area contributed by atoms with E-state index in [0.717, 1.165) is 18.4 Å². The van der Waals surface area contributed by atoms with Gasteiger partial charge in [0.05, 0.1) is 0 Å². The Labute approximate surface area is 187 Å². The number of carbonyl (C=O) groups is 1. The molecule has 1 fully saturated rings. The SMILES string of the molecule is Cc1ccc(CN(C(=O)c2ccc(NC3=NS(=O)(=O)c4ccccc43)cc2)C2CC2)cc1. The molecule has 0 radical (unpaired) electrons. The summed E-state index contributed by atoms with van der Waals surface area (Å²) >= 11 is 0. The maximum atomic E-state index is 13.2. The van der Waals surface area contributed by atoms with Crippen LogP contribution in [0.25, 0.3) is 0 Å². The van der Waals surface area contributed by atoms with Crippen molar-refractivity contribution in [2.24, 2.45) is 4.40 Å². The summed E-state index contributed by atoms with van der Waals surface area (Å²) in [5.74, 6) is 0.296. The number of hydrogen-bond acceptors (Lipinski definition) is 4. The fraction of sp³-hybridized carbons (Fsp3) is 0.200. The van der Waals surface area contributed by atoms with E-state index in [1.807, 2.05) is 11.8 Å². The number of nitrogens with zero attached hydrogens (tertiary/aromatic N) is 2. The number of rotatable bonds is 5. The minimum atomic E-state index is -3.68. The Balaban J connectivity index is 1.33. The highest BCUT2D eigenvalue weighted by molar-refractivity contribution is 7.90. The monoisotopic (exact) mass is 445 g/mol. The maximum Gasteiger partial charge on any atom is 0.285 e. The Kier molecular flexibility index (Phi) is 5.06. The van der Waals surface area contributed by atoms with Gasteiger partial charge in [0.2, 0.25) is 0 Å². The van der Waals surface area contributed by atoms with Gasteiger partial charge in [-0.3, -0.25) is 4.79 Å². The molecule has 0 unspecified atom stereocenters. The lowest BCUT2D eigenvalue weighted by Gasteiger charge is -2.23. The Morgan fingerprint density at radius 2 is 1.69 bits per heavy atom. The first kappa shape index (κ1) is 20.5. The number of aryl methyl sites for hydroxylation is 1. The molecule has 3 aromatic carbocycles. The van der Waals surface area contributed by atoms with E-state index in [0.29, 0.717) is 29.2 Å². The topological polar surface area (TPSA) is 78.8 Å². The van der Waals surface area contributed by atoms with E-state index in [1.54, 1.807) is 48.5 Å². The number of anilines is 1. The predicted molar refractivity (Wildman–Crippen MR) is 124 cm³/mol. The summed E-state index contributed by atoms with van der Waals surface area (Å²) in [5.41, 5.74) is 4.14. The second-order valence-corrected chi connectivity index (χ2v) is 9.84. The van der Waals surface area contributed by atoms with E-state index in [1.165, 1.54) is 5.56 Å². The second kappa shape index (κ2) is 7.91. The fourth-order valence-electron chi connectivity index (χ4n) is 3.84. The van der Waals surface area contributed by atoms with Gasteiger partial charge in [0, 0.05) is 29.4 Å². The Morgan fingerprint density at radius 3 is 2.38 bits per heavy atom. The summed E-state index contributed by atoms with van der Waals surface area (Å²) in [5, 5.41) is 3.07. The molecule has 6 nitrogen and oxygen atoms in total. The van der Waals surface area contributed by atoms with E-state index >= 15 is 0 Å². The van der Waals surface area contributed by atoms with E-state index in [4.69, 9.17) is 0 Å². The number of benzene rings is 3. The molecule has 1 saturated carbocycles. The van der Waals surface area contributed by atoms with Crippen LogP contribution in [0.4, 0.5) is 5.69 Å².